The fourth-order valence-corrected chi connectivity index (χ4v) is 4.14. The van der Waals surface area contributed by atoms with Crippen molar-refractivity contribution in [2.75, 3.05) is 43.6 Å². The molecule has 0 spiro atoms. The van der Waals surface area contributed by atoms with Gasteiger partial charge in [0, 0.05) is 18.4 Å². The van der Waals surface area contributed by atoms with Gasteiger partial charge in [-0.1, -0.05) is 18.6 Å². The maximum absolute atomic E-state index is 11.9. The Morgan fingerprint density at radius 3 is 2.44 bits per heavy atom. The molecule has 3 aromatic rings. The molecule has 2 heterocycles. The number of methoxy groups -OCH3 is 1. The third-order valence-corrected chi connectivity index (χ3v) is 6.09. The fraction of sp³-hybridized carbons (Fsp3) is 0.370. The standard InChI is InChI=1S/C27H33N5O4/c1-35-23-10-6-21(7-11-23)20-32(27(33)34)25-14-15-28-26(30-25)29-22-8-12-24(13-9-22)36-19-5-18-31-16-3-2-4-17-31/h6-15H,2-5,16-20H2,1H3,(H,33,34)(H,28,29,30). The summed E-state index contributed by atoms with van der Waals surface area (Å²) < 4.78 is 11.0. The van der Waals surface area contributed by atoms with E-state index in [-0.39, 0.29) is 12.4 Å². The number of amides is 1. The van der Waals surface area contributed by atoms with Crippen molar-refractivity contribution >= 4 is 23.5 Å². The van der Waals surface area contributed by atoms with Crippen LogP contribution in [0.5, 0.6) is 11.5 Å². The van der Waals surface area contributed by atoms with Gasteiger partial charge in [0.1, 0.15) is 17.3 Å². The summed E-state index contributed by atoms with van der Waals surface area (Å²) in [6.45, 7) is 4.33. The number of hydrogen-bond donors (Lipinski definition) is 2. The maximum atomic E-state index is 11.9. The zero-order chi connectivity index (χ0) is 25.2. The van der Waals surface area contributed by atoms with E-state index in [1.54, 1.807) is 25.3 Å². The Balaban J connectivity index is 1.31. The lowest BCUT2D eigenvalue weighted by Gasteiger charge is -2.26. The molecule has 4 rings (SSSR count). The summed E-state index contributed by atoms with van der Waals surface area (Å²) in [5.74, 6) is 2.11. The molecule has 0 unspecified atom stereocenters. The molecule has 1 aliphatic heterocycles. The molecule has 2 aromatic carbocycles. The van der Waals surface area contributed by atoms with Crippen molar-refractivity contribution in [2.45, 2.75) is 32.2 Å². The average Bonchev–Trinajstić information content (AvgIpc) is 2.91. The summed E-state index contributed by atoms with van der Waals surface area (Å²) in [5.41, 5.74) is 1.60. The van der Waals surface area contributed by atoms with E-state index in [9.17, 15) is 9.90 Å². The molecule has 36 heavy (non-hydrogen) atoms. The average molecular weight is 492 g/mol. The zero-order valence-corrected chi connectivity index (χ0v) is 20.6. The van der Waals surface area contributed by atoms with Gasteiger partial charge in [-0.15, -0.1) is 0 Å². The Bertz CT molecular complexity index is 1100. The first-order valence-corrected chi connectivity index (χ1v) is 12.3. The van der Waals surface area contributed by atoms with E-state index >= 15 is 0 Å². The first kappa shape index (κ1) is 25.2. The van der Waals surface area contributed by atoms with Crippen LogP contribution in [0.25, 0.3) is 0 Å². The fourth-order valence-electron chi connectivity index (χ4n) is 4.14. The van der Waals surface area contributed by atoms with Crippen LogP contribution in [0.4, 0.5) is 22.2 Å². The molecule has 9 heteroatoms. The Morgan fingerprint density at radius 1 is 1.03 bits per heavy atom. The van der Waals surface area contributed by atoms with Gasteiger partial charge in [0.05, 0.1) is 20.3 Å². The molecule has 0 atom stereocenters. The normalized spacial score (nSPS) is 13.7. The first-order chi connectivity index (χ1) is 17.6. The largest absolute Gasteiger partial charge is 0.497 e. The molecule has 0 radical (unpaired) electrons. The highest BCUT2D eigenvalue weighted by atomic mass is 16.5. The molecule has 1 amide bonds. The summed E-state index contributed by atoms with van der Waals surface area (Å²) in [6.07, 6.45) is 5.41. The van der Waals surface area contributed by atoms with Crippen molar-refractivity contribution in [1.82, 2.24) is 14.9 Å². The molecule has 9 nitrogen and oxygen atoms in total. The van der Waals surface area contributed by atoms with Gasteiger partial charge in [0.15, 0.2) is 0 Å². The van der Waals surface area contributed by atoms with Gasteiger partial charge >= 0.3 is 6.09 Å². The highest BCUT2D eigenvalue weighted by Crippen LogP contribution is 2.22. The number of nitrogens with one attached hydrogen (secondary N) is 1. The van der Waals surface area contributed by atoms with Gasteiger partial charge in [-0.2, -0.15) is 4.98 Å². The molecular weight excluding hydrogens is 458 g/mol. The van der Waals surface area contributed by atoms with Crippen LogP contribution in [-0.2, 0) is 6.54 Å². The van der Waals surface area contributed by atoms with Crippen LogP contribution in [0.15, 0.2) is 60.8 Å². The van der Waals surface area contributed by atoms with Gasteiger partial charge in [0.2, 0.25) is 5.95 Å². The summed E-state index contributed by atoms with van der Waals surface area (Å²) in [6, 6.07) is 16.4. The summed E-state index contributed by atoms with van der Waals surface area (Å²) >= 11 is 0. The van der Waals surface area contributed by atoms with Crippen molar-refractivity contribution in [3.05, 3.63) is 66.4 Å². The minimum Gasteiger partial charge on any atom is -0.497 e. The second kappa shape index (κ2) is 12.7. The molecule has 0 aliphatic carbocycles. The number of benzene rings is 2. The van der Waals surface area contributed by atoms with Gasteiger partial charge in [0.25, 0.3) is 0 Å². The lowest BCUT2D eigenvalue weighted by molar-refractivity contribution is 0.201. The van der Waals surface area contributed by atoms with Crippen LogP contribution in [-0.4, -0.2) is 59.4 Å². The van der Waals surface area contributed by atoms with Gasteiger partial charge in [-0.25, -0.2) is 9.78 Å². The highest BCUT2D eigenvalue weighted by Gasteiger charge is 2.17. The van der Waals surface area contributed by atoms with Crippen LogP contribution in [0.3, 0.4) is 0 Å². The van der Waals surface area contributed by atoms with E-state index in [0.717, 1.165) is 30.0 Å². The Labute approximate surface area is 211 Å². The Hall–Kier alpha value is -3.85. The highest BCUT2D eigenvalue weighted by molar-refractivity contribution is 5.84. The molecule has 1 aliphatic rings. The van der Waals surface area contributed by atoms with Crippen molar-refractivity contribution in [3.8, 4) is 11.5 Å². The minimum atomic E-state index is -1.10. The van der Waals surface area contributed by atoms with Crippen molar-refractivity contribution < 1.29 is 19.4 Å². The quantitative estimate of drug-likeness (QED) is 0.355. The Kier molecular flexibility index (Phi) is 8.93. The number of piperidine rings is 1. The van der Waals surface area contributed by atoms with E-state index in [1.165, 1.54) is 43.4 Å². The van der Waals surface area contributed by atoms with Gasteiger partial charge in [-0.3, -0.25) is 4.90 Å². The van der Waals surface area contributed by atoms with Crippen molar-refractivity contribution in [2.24, 2.45) is 0 Å². The van der Waals surface area contributed by atoms with E-state index in [1.807, 2.05) is 36.4 Å². The number of carbonyl (C=O) groups is 1. The van der Waals surface area contributed by atoms with E-state index in [2.05, 4.69) is 20.2 Å². The van der Waals surface area contributed by atoms with Crippen LogP contribution in [0, 0.1) is 0 Å². The number of hydrogen-bond acceptors (Lipinski definition) is 7. The molecule has 0 saturated carbocycles. The molecule has 1 saturated heterocycles. The second-order valence-corrected chi connectivity index (χ2v) is 8.71. The van der Waals surface area contributed by atoms with E-state index in [4.69, 9.17) is 9.47 Å². The Morgan fingerprint density at radius 2 is 1.75 bits per heavy atom. The maximum Gasteiger partial charge on any atom is 0.413 e. The monoisotopic (exact) mass is 491 g/mol. The zero-order valence-electron chi connectivity index (χ0n) is 20.6. The van der Waals surface area contributed by atoms with Crippen molar-refractivity contribution in [1.29, 1.82) is 0 Å². The number of anilines is 3. The smallest absolute Gasteiger partial charge is 0.413 e. The third-order valence-electron chi connectivity index (χ3n) is 6.09. The van der Waals surface area contributed by atoms with Crippen LogP contribution >= 0.6 is 0 Å². The van der Waals surface area contributed by atoms with Gasteiger partial charge < -0.3 is 24.8 Å². The van der Waals surface area contributed by atoms with Crippen LogP contribution in [0.2, 0.25) is 0 Å². The van der Waals surface area contributed by atoms with E-state index < -0.39 is 6.09 Å². The van der Waals surface area contributed by atoms with Crippen LogP contribution in [0.1, 0.15) is 31.2 Å². The topological polar surface area (TPSA) is 100 Å². The molecule has 1 aromatic heterocycles. The SMILES string of the molecule is COc1ccc(CN(C(=O)O)c2ccnc(Nc3ccc(OCCCN4CCCCC4)cc3)n2)cc1. The van der Waals surface area contributed by atoms with E-state index in [0.29, 0.717) is 18.3 Å². The predicted molar refractivity (Wildman–Crippen MR) is 139 cm³/mol. The molecule has 2 N–H and O–H groups in total. The van der Waals surface area contributed by atoms with Gasteiger partial charge in [-0.05, 0) is 80.4 Å². The summed E-state index contributed by atoms with van der Waals surface area (Å²) in [7, 11) is 1.59. The molecule has 0 bridgehead atoms. The summed E-state index contributed by atoms with van der Waals surface area (Å²) in [5, 5.41) is 12.9. The molecular formula is C27H33N5O4. The summed E-state index contributed by atoms with van der Waals surface area (Å²) in [4.78, 5) is 24.3. The number of carboxylic acid groups (broad SMARTS) is 1. The van der Waals surface area contributed by atoms with Crippen molar-refractivity contribution in [3.63, 3.8) is 0 Å². The third kappa shape index (κ3) is 7.32. The minimum absolute atomic E-state index is 0.152. The molecule has 1 fully saturated rings. The molecule has 190 valence electrons. The lowest BCUT2D eigenvalue weighted by atomic mass is 10.1. The van der Waals surface area contributed by atoms with Crippen LogP contribution < -0.4 is 19.7 Å². The number of nitrogens with zero attached hydrogens (tertiary/aromatic N) is 4. The number of likely N-dealkylation sites (tertiary alicyclic amines) is 1. The number of aromatic nitrogens is 2. The number of ether oxygens (including phenoxy) is 2. The first-order valence-electron chi connectivity index (χ1n) is 12.3. The lowest BCUT2D eigenvalue weighted by Crippen LogP contribution is -2.31. The second-order valence-electron chi connectivity index (χ2n) is 8.71. The predicted octanol–water partition coefficient (Wildman–Crippen LogP) is 5.17. The number of rotatable bonds is 11.